The number of hydrogen-bond donors (Lipinski definition) is 1. The summed E-state index contributed by atoms with van der Waals surface area (Å²) in [6.07, 6.45) is 1.11. The first-order valence-electron chi connectivity index (χ1n) is 8.20. The summed E-state index contributed by atoms with van der Waals surface area (Å²) in [5.41, 5.74) is 0.915. The zero-order chi connectivity index (χ0) is 19.4. The van der Waals surface area contributed by atoms with Gasteiger partial charge in [-0.25, -0.2) is 12.8 Å². The Hall–Kier alpha value is -2.65. The largest absolute Gasteiger partial charge is 0.454 e. The Balaban J connectivity index is 1.61. The lowest BCUT2D eigenvalue weighted by molar-refractivity contribution is 0.0951. The first-order chi connectivity index (χ1) is 12.8. The monoisotopic (exact) mass is 394 g/mol. The fourth-order valence-corrected chi connectivity index (χ4v) is 3.44. The molecule has 0 saturated heterocycles. The Bertz CT molecular complexity index is 949. The highest BCUT2D eigenvalue weighted by Gasteiger charge is 2.20. The molecule has 27 heavy (non-hydrogen) atoms. The molecule has 1 N–H and O–H groups in total. The molecular weight excluding hydrogens is 375 g/mol. The van der Waals surface area contributed by atoms with Crippen LogP contribution in [0.4, 0.5) is 4.39 Å². The maximum atomic E-state index is 13.2. The Kier molecular flexibility index (Phi) is 5.62. The number of hydrogen-bond acceptors (Lipinski definition) is 5. The molecule has 0 saturated carbocycles. The Morgan fingerprint density at radius 3 is 2.70 bits per heavy atom. The lowest BCUT2D eigenvalue weighted by atomic mass is 10.2. The van der Waals surface area contributed by atoms with E-state index >= 15 is 0 Å². The fraction of sp³-hybridized carbons (Fsp3) is 0.278. The number of carbonyl (C=O) groups excluding carboxylic acids is 1. The van der Waals surface area contributed by atoms with E-state index in [0.29, 0.717) is 11.5 Å². The smallest absolute Gasteiger partial charge is 0.251 e. The van der Waals surface area contributed by atoms with E-state index in [-0.39, 0.29) is 32.0 Å². The van der Waals surface area contributed by atoms with Crippen LogP contribution in [0, 0.1) is 5.82 Å². The van der Waals surface area contributed by atoms with Gasteiger partial charge in [0.2, 0.25) is 16.8 Å². The van der Waals surface area contributed by atoms with Gasteiger partial charge in [-0.05, 0) is 35.9 Å². The Morgan fingerprint density at radius 1 is 1.19 bits per heavy atom. The second kappa shape index (κ2) is 7.93. The summed E-state index contributed by atoms with van der Waals surface area (Å²) in [6.45, 7) is 0.438. The van der Waals surface area contributed by atoms with Crippen LogP contribution in [-0.2, 0) is 16.6 Å². The van der Waals surface area contributed by atoms with Gasteiger partial charge in [-0.3, -0.25) is 4.79 Å². The average Bonchev–Trinajstić information content (AvgIpc) is 3.07. The summed E-state index contributed by atoms with van der Waals surface area (Å²) in [6, 6.07) is 10.5. The van der Waals surface area contributed by atoms with Crippen LogP contribution in [0.3, 0.4) is 0 Å². The zero-order valence-electron chi connectivity index (χ0n) is 14.6. The van der Waals surface area contributed by atoms with E-state index < -0.39 is 21.7 Å². The molecule has 0 bridgehead atoms. The Morgan fingerprint density at radius 2 is 1.96 bits per heavy atom. The number of ether oxygens (including phenoxy) is 2. The zero-order valence-corrected chi connectivity index (χ0v) is 15.5. The van der Waals surface area contributed by atoms with E-state index in [0.717, 1.165) is 17.9 Å². The lowest BCUT2D eigenvalue weighted by Gasteiger charge is -2.20. The highest BCUT2D eigenvalue weighted by Crippen LogP contribution is 2.32. The van der Waals surface area contributed by atoms with E-state index in [1.165, 1.54) is 22.5 Å². The van der Waals surface area contributed by atoms with Crippen LogP contribution in [0.25, 0.3) is 0 Å². The van der Waals surface area contributed by atoms with Gasteiger partial charge in [0.25, 0.3) is 5.91 Å². The van der Waals surface area contributed by atoms with Crippen molar-refractivity contribution in [3.8, 4) is 11.5 Å². The van der Waals surface area contributed by atoms with Crippen LogP contribution in [0.2, 0.25) is 0 Å². The van der Waals surface area contributed by atoms with E-state index in [9.17, 15) is 17.6 Å². The molecule has 1 aliphatic rings. The summed E-state index contributed by atoms with van der Waals surface area (Å²) in [5.74, 6) is 0.210. The van der Waals surface area contributed by atoms with Crippen LogP contribution >= 0.6 is 0 Å². The van der Waals surface area contributed by atoms with Gasteiger partial charge >= 0.3 is 0 Å². The van der Waals surface area contributed by atoms with E-state index in [1.54, 1.807) is 18.2 Å². The number of fused-ring (bicyclic) bond motifs is 1. The van der Waals surface area contributed by atoms with Crippen molar-refractivity contribution in [3.05, 3.63) is 59.4 Å². The van der Waals surface area contributed by atoms with Gasteiger partial charge in [0.15, 0.2) is 11.5 Å². The molecular formula is C18H19FN2O5S. The predicted molar refractivity (Wildman–Crippen MR) is 96.6 cm³/mol. The van der Waals surface area contributed by atoms with Crippen LogP contribution in [0.1, 0.15) is 15.9 Å². The van der Waals surface area contributed by atoms with E-state index in [4.69, 9.17) is 9.47 Å². The van der Waals surface area contributed by atoms with Crippen molar-refractivity contribution < 1.29 is 27.1 Å². The number of halogens is 1. The van der Waals surface area contributed by atoms with Crippen molar-refractivity contribution in [2.45, 2.75) is 6.54 Å². The quantitative estimate of drug-likeness (QED) is 0.773. The summed E-state index contributed by atoms with van der Waals surface area (Å²) in [7, 11) is -3.50. The fourth-order valence-electron chi connectivity index (χ4n) is 2.63. The molecule has 0 fully saturated rings. The molecule has 144 valence electrons. The van der Waals surface area contributed by atoms with Crippen molar-refractivity contribution in [1.82, 2.24) is 9.62 Å². The lowest BCUT2D eigenvalue weighted by Crippen LogP contribution is -2.37. The minimum Gasteiger partial charge on any atom is -0.454 e. The number of rotatable bonds is 7. The Labute approximate surface area is 156 Å². The molecule has 1 aliphatic heterocycles. The summed E-state index contributed by atoms with van der Waals surface area (Å²) in [4.78, 5) is 12.0. The molecule has 0 aromatic heterocycles. The van der Waals surface area contributed by atoms with Gasteiger partial charge in [0.05, 0.1) is 6.26 Å². The standard InChI is InChI=1S/C18H19FN2O5S/c1-27(23,24)21(11-13-5-6-16-17(9-13)26-12-25-16)8-7-20-18(22)14-3-2-4-15(19)10-14/h2-6,9-10H,7-8,11-12H2,1H3,(H,20,22). The number of nitrogens with zero attached hydrogens (tertiary/aromatic N) is 1. The summed E-state index contributed by atoms with van der Waals surface area (Å²) >= 11 is 0. The molecule has 2 aromatic rings. The first kappa shape index (κ1) is 19.1. The van der Waals surface area contributed by atoms with Gasteiger partial charge in [0.1, 0.15) is 5.82 Å². The normalized spacial score (nSPS) is 13.0. The average molecular weight is 394 g/mol. The third kappa shape index (κ3) is 4.95. The van der Waals surface area contributed by atoms with Crippen molar-refractivity contribution >= 4 is 15.9 Å². The second-order valence-electron chi connectivity index (χ2n) is 6.05. The van der Waals surface area contributed by atoms with Crippen LogP contribution < -0.4 is 14.8 Å². The molecule has 7 nitrogen and oxygen atoms in total. The van der Waals surface area contributed by atoms with Crippen molar-refractivity contribution in [2.75, 3.05) is 26.1 Å². The van der Waals surface area contributed by atoms with Crippen molar-refractivity contribution in [2.24, 2.45) is 0 Å². The molecule has 0 aliphatic carbocycles. The molecule has 3 rings (SSSR count). The number of carbonyl (C=O) groups is 1. The van der Waals surface area contributed by atoms with Gasteiger partial charge in [-0.15, -0.1) is 0 Å². The molecule has 0 unspecified atom stereocenters. The molecule has 1 amide bonds. The summed E-state index contributed by atoms with van der Waals surface area (Å²) in [5, 5.41) is 2.60. The molecule has 0 atom stereocenters. The maximum absolute atomic E-state index is 13.2. The third-order valence-electron chi connectivity index (χ3n) is 4.00. The third-order valence-corrected chi connectivity index (χ3v) is 5.25. The van der Waals surface area contributed by atoms with E-state index in [2.05, 4.69) is 5.32 Å². The maximum Gasteiger partial charge on any atom is 0.251 e. The molecule has 2 aromatic carbocycles. The first-order valence-corrected chi connectivity index (χ1v) is 10.1. The number of amides is 1. The van der Waals surface area contributed by atoms with Crippen LogP contribution in [0.15, 0.2) is 42.5 Å². The molecule has 1 heterocycles. The summed E-state index contributed by atoms with van der Waals surface area (Å²) < 4.78 is 49.1. The second-order valence-corrected chi connectivity index (χ2v) is 8.03. The number of benzene rings is 2. The minimum absolute atomic E-state index is 0.0777. The highest BCUT2D eigenvalue weighted by molar-refractivity contribution is 7.88. The molecule has 0 radical (unpaired) electrons. The topological polar surface area (TPSA) is 84.9 Å². The van der Waals surface area contributed by atoms with Gasteiger partial charge < -0.3 is 14.8 Å². The van der Waals surface area contributed by atoms with Crippen molar-refractivity contribution in [1.29, 1.82) is 0 Å². The number of nitrogens with one attached hydrogen (secondary N) is 1. The minimum atomic E-state index is -3.50. The van der Waals surface area contributed by atoms with E-state index in [1.807, 2.05) is 0 Å². The predicted octanol–water partition coefficient (Wildman–Crippen LogP) is 1.75. The highest BCUT2D eigenvalue weighted by atomic mass is 32.2. The van der Waals surface area contributed by atoms with Crippen LogP contribution in [-0.4, -0.2) is 44.8 Å². The van der Waals surface area contributed by atoms with Crippen molar-refractivity contribution in [3.63, 3.8) is 0 Å². The van der Waals surface area contributed by atoms with Gasteiger partial charge in [-0.1, -0.05) is 12.1 Å². The van der Waals surface area contributed by atoms with Gasteiger partial charge in [-0.2, -0.15) is 4.31 Å². The SMILES string of the molecule is CS(=O)(=O)N(CCNC(=O)c1cccc(F)c1)Cc1ccc2c(c1)OCO2. The molecule has 0 spiro atoms. The van der Waals surface area contributed by atoms with Crippen LogP contribution in [0.5, 0.6) is 11.5 Å². The van der Waals surface area contributed by atoms with Gasteiger partial charge in [0, 0.05) is 25.2 Å². The molecule has 9 heteroatoms. The number of sulfonamides is 1.